The largest absolute Gasteiger partial charge is 0.497 e. The number of aliphatic imine (C=N–C) groups is 1. The Labute approximate surface area is 206 Å². The first kappa shape index (κ1) is 28.0. The predicted molar refractivity (Wildman–Crippen MR) is 141 cm³/mol. The van der Waals surface area contributed by atoms with Crippen LogP contribution >= 0.6 is 24.0 Å². The number of nitrogens with one attached hydrogen (secondary N) is 2. The molecule has 6 nitrogen and oxygen atoms in total. The molecule has 1 heterocycles. The molecule has 31 heavy (non-hydrogen) atoms. The van der Waals surface area contributed by atoms with Gasteiger partial charge in [0.1, 0.15) is 5.75 Å². The lowest BCUT2D eigenvalue weighted by molar-refractivity contribution is 0.175. The topological polar surface area (TPSA) is 69.1 Å². The second kappa shape index (κ2) is 14.9. The van der Waals surface area contributed by atoms with E-state index < -0.39 is 0 Å². The lowest BCUT2D eigenvalue weighted by atomic mass is 9.79. The molecule has 1 aromatic carbocycles. The highest BCUT2D eigenvalue weighted by atomic mass is 127. The Hall–Kier alpha value is -1.06. The molecule has 1 aliphatic heterocycles. The number of methoxy groups -OCH3 is 1. The lowest BCUT2D eigenvalue weighted by Gasteiger charge is -2.31. The molecular formula is C24H43IN4O2. The highest BCUT2D eigenvalue weighted by molar-refractivity contribution is 14.0. The Morgan fingerprint density at radius 1 is 1.13 bits per heavy atom. The van der Waals surface area contributed by atoms with Crippen molar-refractivity contribution in [2.24, 2.45) is 10.4 Å². The zero-order chi connectivity index (χ0) is 21.8. The third-order valence-corrected chi connectivity index (χ3v) is 6.60. The van der Waals surface area contributed by atoms with Crippen molar-refractivity contribution in [2.45, 2.75) is 58.9 Å². The summed E-state index contributed by atoms with van der Waals surface area (Å²) in [4.78, 5) is 7.47. The van der Waals surface area contributed by atoms with Gasteiger partial charge in [0.25, 0.3) is 0 Å². The van der Waals surface area contributed by atoms with E-state index in [2.05, 4.69) is 48.4 Å². The molecule has 1 aliphatic rings. The normalized spacial score (nSPS) is 16.0. The minimum Gasteiger partial charge on any atom is -0.497 e. The zero-order valence-corrected chi connectivity index (χ0v) is 22.2. The molecule has 3 N–H and O–H groups in total. The summed E-state index contributed by atoms with van der Waals surface area (Å²) < 4.78 is 5.33. The predicted octanol–water partition coefficient (Wildman–Crippen LogP) is 4.19. The van der Waals surface area contributed by atoms with Crippen molar-refractivity contribution >= 4 is 29.9 Å². The Kier molecular flexibility index (Phi) is 13.4. The van der Waals surface area contributed by atoms with Gasteiger partial charge in [-0.2, -0.15) is 0 Å². The first-order valence-electron chi connectivity index (χ1n) is 11.6. The number of rotatable bonds is 12. The highest BCUT2D eigenvalue weighted by Gasteiger charge is 2.26. The summed E-state index contributed by atoms with van der Waals surface area (Å²) in [6.07, 6.45) is 5.37. The Balaban J connectivity index is 0.00000480. The maximum absolute atomic E-state index is 9.50. The first-order chi connectivity index (χ1) is 14.6. The van der Waals surface area contributed by atoms with E-state index in [4.69, 9.17) is 9.73 Å². The van der Waals surface area contributed by atoms with Crippen LogP contribution in [0.5, 0.6) is 5.75 Å². The van der Waals surface area contributed by atoms with Crippen LogP contribution in [0.4, 0.5) is 0 Å². The molecule has 1 fully saturated rings. The van der Waals surface area contributed by atoms with Crippen molar-refractivity contribution in [1.82, 2.24) is 15.5 Å². The monoisotopic (exact) mass is 546 g/mol. The molecule has 178 valence electrons. The average Bonchev–Trinajstić information content (AvgIpc) is 3.31. The molecule has 1 saturated heterocycles. The molecule has 0 aliphatic carbocycles. The van der Waals surface area contributed by atoms with Crippen LogP contribution in [0.25, 0.3) is 0 Å². The van der Waals surface area contributed by atoms with Crippen molar-refractivity contribution in [3.05, 3.63) is 29.8 Å². The van der Waals surface area contributed by atoms with E-state index in [0.717, 1.165) is 63.7 Å². The molecule has 0 aromatic heterocycles. The van der Waals surface area contributed by atoms with Crippen LogP contribution < -0.4 is 15.4 Å². The summed E-state index contributed by atoms with van der Waals surface area (Å²) >= 11 is 0. The van der Waals surface area contributed by atoms with E-state index in [1.807, 2.05) is 12.1 Å². The Bertz CT molecular complexity index is 629. The van der Waals surface area contributed by atoms with Gasteiger partial charge in [0.2, 0.25) is 0 Å². The minimum atomic E-state index is 0. The molecule has 0 saturated carbocycles. The van der Waals surface area contributed by atoms with Crippen LogP contribution in [-0.2, 0) is 0 Å². The first-order valence-corrected chi connectivity index (χ1v) is 11.6. The second-order valence-corrected chi connectivity index (χ2v) is 8.29. The number of nitrogens with zero attached hydrogens (tertiary/aromatic N) is 2. The number of aliphatic hydroxyl groups excluding tert-OH is 1. The number of guanidine groups is 1. The molecule has 0 amide bonds. The molecule has 0 radical (unpaired) electrons. The molecular weight excluding hydrogens is 503 g/mol. The number of hydrogen-bond donors (Lipinski definition) is 3. The van der Waals surface area contributed by atoms with Crippen LogP contribution in [0.15, 0.2) is 29.3 Å². The fourth-order valence-electron chi connectivity index (χ4n) is 4.26. The summed E-state index contributed by atoms with van der Waals surface area (Å²) in [5, 5.41) is 16.5. The second-order valence-electron chi connectivity index (χ2n) is 8.29. The molecule has 1 unspecified atom stereocenters. The van der Waals surface area contributed by atoms with Crippen LogP contribution in [0, 0.1) is 5.41 Å². The third kappa shape index (κ3) is 8.42. The summed E-state index contributed by atoms with van der Waals surface area (Å²) in [6, 6.07) is 8.75. The SMILES string of the molecule is CCNC(=NCC(CC)(CC)CCO)NCC(c1ccc(OC)cc1)N1CCCC1.I. The van der Waals surface area contributed by atoms with Gasteiger partial charge in [0.05, 0.1) is 13.2 Å². The van der Waals surface area contributed by atoms with Gasteiger partial charge in [-0.05, 0) is 75.2 Å². The number of aliphatic hydroxyl groups is 1. The number of halogens is 1. The molecule has 1 aromatic rings. The van der Waals surface area contributed by atoms with E-state index in [9.17, 15) is 5.11 Å². The lowest BCUT2D eigenvalue weighted by Crippen LogP contribution is -2.43. The van der Waals surface area contributed by atoms with Gasteiger partial charge in [-0.15, -0.1) is 24.0 Å². The quantitative estimate of drug-likeness (QED) is 0.209. The smallest absolute Gasteiger partial charge is 0.191 e. The Morgan fingerprint density at radius 3 is 2.29 bits per heavy atom. The maximum atomic E-state index is 9.50. The van der Waals surface area contributed by atoms with E-state index >= 15 is 0 Å². The van der Waals surface area contributed by atoms with Crippen LogP contribution in [0.3, 0.4) is 0 Å². The fraction of sp³-hybridized carbons (Fsp3) is 0.708. The van der Waals surface area contributed by atoms with Gasteiger partial charge >= 0.3 is 0 Å². The molecule has 0 spiro atoms. The summed E-state index contributed by atoms with van der Waals surface area (Å²) in [6.45, 7) is 11.3. The van der Waals surface area contributed by atoms with E-state index in [1.165, 1.54) is 18.4 Å². The van der Waals surface area contributed by atoms with Crippen molar-refractivity contribution in [2.75, 3.05) is 46.4 Å². The van der Waals surface area contributed by atoms with Gasteiger partial charge in [0, 0.05) is 26.2 Å². The van der Waals surface area contributed by atoms with Crippen molar-refractivity contribution in [1.29, 1.82) is 0 Å². The van der Waals surface area contributed by atoms with Crippen LogP contribution in [0.1, 0.15) is 64.5 Å². The number of benzene rings is 1. The fourth-order valence-corrected chi connectivity index (χ4v) is 4.26. The van der Waals surface area contributed by atoms with Gasteiger partial charge < -0.3 is 20.5 Å². The zero-order valence-electron chi connectivity index (χ0n) is 19.8. The van der Waals surface area contributed by atoms with Crippen molar-refractivity contribution in [3.8, 4) is 5.75 Å². The van der Waals surface area contributed by atoms with Crippen molar-refractivity contribution in [3.63, 3.8) is 0 Å². The van der Waals surface area contributed by atoms with E-state index in [0.29, 0.717) is 6.04 Å². The summed E-state index contributed by atoms with van der Waals surface area (Å²) in [7, 11) is 1.71. The van der Waals surface area contributed by atoms with E-state index in [1.54, 1.807) is 7.11 Å². The maximum Gasteiger partial charge on any atom is 0.191 e. The van der Waals surface area contributed by atoms with Crippen LogP contribution in [-0.4, -0.2) is 62.4 Å². The third-order valence-electron chi connectivity index (χ3n) is 6.60. The molecule has 0 bridgehead atoms. The van der Waals surface area contributed by atoms with Crippen molar-refractivity contribution < 1.29 is 9.84 Å². The molecule has 7 heteroatoms. The molecule has 2 rings (SSSR count). The average molecular weight is 547 g/mol. The summed E-state index contributed by atoms with van der Waals surface area (Å²) in [5.74, 6) is 1.75. The number of hydrogen-bond acceptors (Lipinski definition) is 4. The number of likely N-dealkylation sites (tertiary alicyclic amines) is 1. The summed E-state index contributed by atoms with van der Waals surface area (Å²) in [5.41, 5.74) is 1.37. The highest BCUT2D eigenvalue weighted by Crippen LogP contribution is 2.31. The standard InChI is InChI=1S/C24H42N4O2.HI/c1-5-24(6-2,14-17-29)19-27-23(25-7-3)26-18-22(28-15-8-9-16-28)20-10-12-21(30-4)13-11-20;/h10-13,22,29H,5-9,14-19H2,1-4H3,(H2,25,26,27);1H. The minimum absolute atomic E-state index is 0. The Morgan fingerprint density at radius 2 is 1.77 bits per heavy atom. The van der Waals surface area contributed by atoms with Gasteiger partial charge in [-0.3, -0.25) is 9.89 Å². The van der Waals surface area contributed by atoms with Crippen LogP contribution in [0.2, 0.25) is 0 Å². The number of ether oxygens (including phenoxy) is 1. The van der Waals surface area contributed by atoms with Gasteiger partial charge in [-0.25, -0.2) is 0 Å². The van der Waals surface area contributed by atoms with Gasteiger partial charge in [-0.1, -0.05) is 26.0 Å². The molecule has 1 atom stereocenters. The van der Waals surface area contributed by atoms with Gasteiger partial charge in [0.15, 0.2) is 5.96 Å². The van der Waals surface area contributed by atoms with E-state index in [-0.39, 0.29) is 36.0 Å².